The van der Waals surface area contributed by atoms with Crippen LogP contribution < -0.4 is 5.32 Å². The standard InChI is InChI=1S/C15H21N/c1-11-8-9-14(15-7-4-10-16-15)13-6-3-2-5-12(11)13/h8-9,15-16H,2-7,10H2,1H3. The van der Waals surface area contributed by atoms with Gasteiger partial charge in [0.2, 0.25) is 0 Å². The van der Waals surface area contributed by atoms with E-state index in [1.165, 1.54) is 50.6 Å². The summed E-state index contributed by atoms with van der Waals surface area (Å²) in [6.45, 7) is 3.48. The van der Waals surface area contributed by atoms with E-state index in [9.17, 15) is 0 Å². The van der Waals surface area contributed by atoms with Crippen molar-refractivity contribution in [2.75, 3.05) is 6.54 Å². The molecule has 1 nitrogen and oxygen atoms in total. The first-order valence-corrected chi connectivity index (χ1v) is 6.71. The number of hydrogen-bond acceptors (Lipinski definition) is 1. The van der Waals surface area contributed by atoms with Gasteiger partial charge in [-0.1, -0.05) is 12.1 Å². The molecule has 0 radical (unpaired) electrons. The largest absolute Gasteiger partial charge is 0.310 e. The zero-order valence-electron chi connectivity index (χ0n) is 10.2. The Morgan fingerprint density at radius 1 is 1.06 bits per heavy atom. The Hall–Kier alpha value is -0.820. The van der Waals surface area contributed by atoms with Crippen molar-refractivity contribution in [2.24, 2.45) is 0 Å². The summed E-state index contributed by atoms with van der Waals surface area (Å²) in [5.41, 5.74) is 6.47. The van der Waals surface area contributed by atoms with Crippen LogP contribution in [0.5, 0.6) is 0 Å². The lowest BCUT2D eigenvalue weighted by molar-refractivity contribution is 0.614. The van der Waals surface area contributed by atoms with Crippen molar-refractivity contribution in [1.82, 2.24) is 5.32 Å². The molecule has 3 rings (SSSR count). The van der Waals surface area contributed by atoms with Gasteiger partial charge in [-0.25, -0.2) is 0 Å². The number of aryl methyl sites for hydroxylation is 1. The van der Waals surface area contributed by atoms with Crippen LogP contribution in [-0.4, -0.2) is 6.54 Å². The van der Waals surface area contributed by atoms with E-state index in [0.717, 1.165) is 0 Å². The molecule has 1 unspecified atom stereocenters. The van der Waals surface area contributed by atoms with Gasteiger partial charge in [0.25, 0.3) is 0 Å². The molecule has 0 bridgehead atoms. The Kier molecular flexibility index (Phi) is 2.72. The smallest absolute Gasteiger partial charge is 0.0323 e. The fraction of sp³-hybridized carbons (Fsp3) is 0.600. The van der Waals surface area contributed by atoms with Crippen LogP contribution in [0.25, 0.3) is 0 Å². The summed E-state index contributed by atoms with van der Waals surface area (Å²) >= 11 is 0. The van der Waals surface area contributed by atoms with Gasteiger partial charge in [0.1, 0.15) is 0 Å². The van der Waals surface area contributed by atoms with Crippen LogP contribution in [0.15, 0.2) is 12.1 Å². The molecule has 1 aromatic carbocycles. The fourth-order valence-electron chi connectivity index (χ4n) is 3.35. The van der Waals surface area contributed by atoms with E-state index in [1.54, 1.807) is 16.7 Å². The highest BCUT2D eigenvalue weighted by molar-refractivity contribution is 5.43. The average molecular weight is 215 g/mol. The third-order valence-corrected chi connectivity index (χ3v) is 4.24. The predicted octanol–water partition coefficient (Wildman–Crippen LogP) is 3.30. The van der Waals surface area contributed by atoms with E-state index in [2.05, 4.69) is 24.4 Å². The van der Waals surface area contributed by atoms with E-state index in [4.69, 9.17) is 0 Å². The van der Waals surface area contributed by atoms with Crippen LogP contribution in [0.3, 0.4) is 0 Å². The van der Waals surface area contributed by atoms with E-state index in [-0.39, 0.29) is 0 Å². The molecule has 0 saturated carbocycles. The maximum atomic E-state index is 3.64. The first-order chi connectivity index (χ1) is 7.86. The molecular weight excluding hydrogens is 194 g/mol. The minimum atomic E-state index is 0.646. The Morgan fingerprint density at radius 3 is 2.62 bits per heavy atom. The highest BCUT2D eigenvalue weighted by atomic mass is 14.9. The normalized spacial score (nSPS) is 24.4. The van der Waals surface area contributed by atoms with Crippen molar-refractivity contribution in [2.45, 2.75) is 51.5 Å². The van der Waals surface area contributed by atoms with Crippen molar-refractivity contribution >= 4 is 0 Å². The second-order valence-electron chi connectivity index (χ2n) is 5.28. The summed E-state index contributed by atoms with van der Waals surface area (Å²) < 4.78 is 0. The summed E-state index contributed by atoms with van der Waals surface area (Å²) in [5.74, 6) is 0. The summed E-state index contributed by atoms with van der Waals surface area (Å²) in [6.07, 6.45) is 8.06. The summed E-state index contributed by atoms with van der Waals surface area (Å²) in [7, 11) is 0. The minimum Gasteiger partial charge on any atom is -0.310 e. The van der Waals surface area contributed by atoms with Crippen molar-refractivity contribution in [3.63, 3.8) is 0 Å². The summed E-state index contributed by atoms with van der Waals surface area (Å²) in [4.78, 5) is 0. The lowest BCUT2D eigenvalue weighted by Gasteiger charge is -2.24. The van der Waals surface area contributed by atoms with Crippen LogP contribution in [0.2, 0.25) is 0 Å². The zero-order valence-corrected chi connectivity index (χ0v) is 10.2. The second kappa shape index (κ2) is 4.21. The Labute approximate surface area is 98.3 Å². The van der Waals surface area contributed by atoms with Gasteiger partial charge < -0.3 is 5.32 Å². The molecule has 86 valence electrons. The van der Waals surface area contributed by atoms with E-state index >= 15 is 0 Å². The molecule has 1 atom stereocenters. The highest BCUT2D eigenvalue weighted by Gasteiger charge is 2.22. The third kappa shape index (κ3) is 1.67. The van der Waals surface area contributed by atoms with Gasteiger partial charge in [-0.15, -0.1) is 0 Å². The van der Waals surface area contributed by atoms with E-state index in [0.29, 0.717) is 6.04 Å². The van der Waals surface area contributed by atoms with Gasteiger partial charge in [0.05, 0.1) is 0 Å². The lowest BCUT2D eigenvalue weighted by Crippen LogP contribution is -2.17. The first kappa shape index (κ1) is 10.3. The fourth-order valence-corrected chi connectivity index (χ4v) is 3.35. The number of hydrogen-bond donors (Lipinski definition) is 1. The van der Waals surface area contributed by atoms with Crippen molar-refractivity contribution < 1.29 is 0 Å². The lowest BCUT2D eigenvalue weighted by atomic mass is 9.83. The summed E-state index contributed by atoms with van der Waals surface area (Å²) in [6, 6.07) is 5.36. The second-order valence-corrected chi connectivity index (χ2v) is 5.28. The van der Waals surface area contributed by atoms with Gasteiger partial charge in [0.15, 0.2) is 0 Å². The van der Waals surface area contributed by atoms with Crippen LogP contribution in [0.4, 0.5) is 0 Å². The molecule has 0 amide bonds. The van der Waals surface area contributed by atoms with Crippen LogP contribution >= 0.6 is 0 Å². The van der Waals surface area contributed by atoms with E-state index < -0.39 is 0 Å². The number of nitrogens with one attached hydrogen (secondary N) is 1. The molecule has 1 heteroatoms. The number of rotatable bonds is 1. The Balaban J connectivity index is 2.04. The monoisotopic (exact) mass is 215 g/mol. The Bertz CT molecular complexity index is 389. The van der Waals surface area contributed by atoms with Crippen LogP contribution in [-0.2, 0) is 12.8 Å². The molecule has 1 heterocycles. The molecule has 1 saturated heterocycles. The molecule has 1 N–H and O–H groups in total. The number of fused-ring (bicyclic) bond motifs is 1. The van der Waals surface area contributed by atoms with Crippen molar-refractivity contribution in [3.05, 3.63) is 34.4 Å². The molecule has 16 heavy (non-hydrogen) atoms. The third-order valence-electron chi connectivity index (χ3n) is 4.24. The predicted molar refractivity (Wildman–Crippen MR) is 67.8 cm³/mol. The van der Waals surface area contributed by atoms with Gasteiger partial charge >= 0.3 is 0 Å². The van der Waals surface area contributed by atoms with Gasteiger partial charge in [0, 0.05) is 6.04 Å². The molecule has 2 aliphatic rings. The molecule has 1 fully saturated rings. The summed E-state index contributed by atoms with van der Waals surface area (Å²) in [5, 5.41) is 3.64. The van der Waals surface area contributed by atoms with E-state index in [1.807, 2.05) is 0 Å². The zero-order chi connectivity index (χ0) is 11.0. The van der Waals surface area contributed by atoms with Gasteiger partial charge in [-0.2, -0.15) is 0 Å². The molecule has 1 aromatic rings. The molecule has 1 aliphatic carbocycles. The molecule has 0 aromatic heterocycles. The van der Waals surface area contributed by atoms with Crippen molar-refractivity contribution in [1.29, 1.82) is 0 Å². The SMILES string of the molecule is Cc1ccc(C2CCCN2)c2c1CCCC2. The minimum absolute atomic E-state index is 0.646. The number of benzene rings is 1. The van der Waals surface area contributed by atoms with Gasteiger partial charge in [-0.05, 0) is 74.2 Å². The van der Waals surface area contributed by atoms with Gasteiger partial charge in [-0.3, -0.25) is 0 Å². The van der Waals surface area contributed by atoms with Crippen LogP contribution in [0, 0.1) is 6.92 Å². The Morgan fingerprint density at radius 2 is 1.88 bits per heavy atom. The quantitative estimate of drug-likeness (QED) is 0.758. The van der Waals surface area contributed by atoms with Crippen LogP contribution in [0.1, 0.15) is 54.0 Å². The molecule has 0 spiro atoms. The first-order valence-electron chi connectivity index (χ1n) is 6.71. The molecule has 1 aliphatic heterocycles. The molecular formula is C15H21N. The average Bonchev–Trinajstić information content (AvgIpc) is 2.83. The topological polar surface area (TPSA) is 12.0 Å². The maximum Gasteiger partial charge on any atom is 0.0323 e. The van der Waals surface area contributed by atoms with Crippen molar-refractivity contribution in [3.8, 4) is 0 Å². The highest BCUT2D eigenvalue weighted by Crippen LogP contribution is 2.33. The maximum absolute atomic E-state index is 3.64.